The molecule has 0 unspecified atom stereocenters. The van der Waals surface area contributed by atoms with Crippen LogP contribution in [0.1, 0.15) is 24.2 Å². The Morgan fingerprint density at radius 1 is 1.38 bits per heavy atom. The van der Waals surface area contributed by atoms with Gasteiger partial charge in [-0.05, 0) is 24.1 Å². The van der Waals surface area contributed by atoms with Crippen molar-refractivity contribution in [2.45, 2.75) is 24.3 Å². The van der Waals surface area contributed by atoms with Gasteiger partial charge < -0.3 is 9.84 Å². The first-order valence-corrected chi connectivity index (χ1v) is 8.05. The second-order valence-corrected chi connectivity index (χ2v) is 7.49. The average molecular weight is 313 g/mol. The number of carbonyl (C=O) groups excluding carboxylic acids is 1. The smallest absolute Gasteiger partial charge is 0.337 e. The van der Waals surface area contributed by atoms with Gasteiger partial charge >= 0.3 is 5.97 Å². The fraction of sp³-hybridized carbons (Fsp3) is 0.500. The van der Waals surface area contributed by atoms with E-state index in [1.165, 1.54) is 35.7 Å². The molecule has 0 aromatic heterocycles. The van der Waals surface area contributed by atoms with Crippen molar-refractivity contribution in [1.82, 2.24) is 4.31 Å². The third-order valence-corrected chi connectivity index (χ3v) is 5.66. The number of benzene rings is 1. The largest absolute Gasteiger partial charge is 0.465 e. The maximum absolute atomic E-state index is 12.5. The summed E-state index contributed by atoms with van der Waals surface area (Å²) in [4.78, 5) is 11.5. The fourth-order valence-corrected chi connectivity index (χ4v) is 3.76. The highest BCUT2D eigenvalue weighted by molar-refractivity contribution is 7.89. The van der Waals surface area contributed by atoms with Crippen LogP contribution in [0.2, 0.25) is 0 Å². The Morgan fingerprint density at radius 3 is 2.52 bits per heavy atom. The van der Waals surface area contributed by atoms with E-state index in [4.69, 9.17) is 0 Å². The van der Waals surface area contributed by atoms with Crippen molar-refractivity contribution < 1.29 is 23.1 Å². The van der Waals surface area contributed by atoms with Crippen LogP contribution in [0.4, 0.5) is 0 Å². The van der Waals surface area contributed by atoms with Gasteiger partial charge in [0.1, 0.15) is 0 Å². The van der Waals surface area contributed by atoms with Crippen LogP contribution >= 0.6 is 0 Å². The van der Waals surface area contributed by atoms with Gasteiger partial charge in [-0.3, -0.25) is 0 Å². The Kier molecular flexibility index (Phi) is 4.10. The summed E-state index contributed by atoms with van der Waals surface area (Å²) < 4.78 is 30.7. The van der Waals surface area contributed by atoms with Gasteiger partial charge in [-0.1, -0.05) is 19.9 Å². The lowest BCUT2D eigenvalue weighted by atomic mass is 9.85. The van der Waals surface area contributed by atoms with Crippen LogP contribution in [-0.2, 0) is 14.8 Å². The number of methoxy groups -OCH3 is 1. The summed E-state index contributed by atoms with van der Waals surface area (Å²) in [5.74, 6) is -0.611. The zero-order valence-electron chi connectivity index (χ0n) is 12.2. The molecule has 0 aliphatic carbocycles. The highest BCUT2D eigenvalue weighted by atomic mass is 32.2. The normalized spacial score (nSPS) is 18.3. The van der Waals surface area contributed by atoms with Crippen LogP contribution in [0.15, 0.2) is 29.2 Å². The Bertz CT molecular complexity index is 647. The quantitative estimate of drug-likeness (QED) is 0.834. The van der Waals surface area contributed by atoms with Crippen LogP contribution in [0.5, 0.6) is 0 Å². The van der Waals surface area contributed by atoms with Gasteiger partial charge in [0, 0.05) is 13.1 Å². The molecule has 1 N–H and O–H groups in total. The summed E-state index contributed by atoms with van der Waals surface area (Å²) >= 11 is 0. The predicted molar refractivity (Wildman–Crippen MR) is 76.3 cm³/mol. The molecule has 21 heavy (non-hydrogen) atoms. The highest BCUT2D eigenvalue weighted by Crippen LogP contribution is 2.33. The number of nitrogens with zero attached hydrogens (tertiary/aromatic N) is 1. The Labute approximate surface area is 124 Å². The van der Waals surface area contributed by atoms with Crippen molar-refractivity contribution in [3.05, 3.63) is 29.8 Å². The van der Waals surface area contributed by atoms with E-state index in [1.807, 2.05) is 13.8 Å². The molecule has 1 fully saturated rings. The molecule has 0 bridgehead atoms. The third kappa shape index (κ3) is 2.81. The van der Waals surface area contributed by atoms with E-state index in [2.05, 4.69) is 4.74 Å². The molecule has 1 aliphatic heterocycles. The summed E-state index contributed by atoms with van der Waals surface area (Å²) in [6.07, 6.45) is 0. The number of ether oxygens (including phenoxy) is 1. The van der Waals surface area contributed by atoms with Crippen molar-refractivity contribution in [1.29, 1.82) is 0 Å². The van der Waals surface area contributed by atoms with E-state index >= 15 is 0 Å². The molecule has 116 valence electrons. The van der Waals surface area contributed by atoms with Gasteiger partial charge in [0.2, 0.25) is 10.0 Å². The second kappa shape index (κ2) is 5.40. The summed E-state index contributed by atoms with van der Waals surface area (Å²) in [6, 6.07) is 5.70. The molecule has 2 rings (SSSR count). The molecule has 7 heteroatoms. The summed E-state index contributed by atoms with van der Waals surface area (Å²) in [5, 5.41) is 10.2. The lowest BCUT2D eigenvalue weighted by Gasteiger charge is -2.47. The van der Waals surface area contributed by atoms with Gasteiger partial charge in [0.15, 0.2) is 0 Å². The van der Waals surface area contributed by atoms with Crippen molar-refractivity contribution in [2.24, 2.45) is 5.92 Å². The average Bonchev–Trinajstić information content (AvgIpc) is 2.42. The standard InChI is InChI=1S/C14H19NO5S/c1-10(2)14(17)8-15(9-14)21(18,19)12-6-4-5-11(7-12)13(16)20-3/h4-7,10,17H,8-9H2,1-3H3. The first-order valence-electron chi connectivity index (χ1n) is 6.61. The van der Waals surface area contributed by atoms with Gasteiger partial charge in [-0.2, -0.15) is 4.31 Å². The molecule has 0 saturated carbocycles. The second-order valence-electron chi connectivity index (χ2n) is 5.55. The molecule has 6 nitrogen and oxygen atoms in total. The van der Waals surface area contributed by atoms with Crippen molar-refractivity contribution in [3.63, 3.8) is 0 Å². The first kappa shape index (κ1) is 15.9. The number of esters is 1. The molecule has 1 aromatic carbocycles. The van der Waals surface area contributed by atoms with Crippen LogP contribution < -0.4 is 0 Å². The van der Waals surface area contributed by atoms with E-state index in [9.17, 15) is 18.3 Å². The minimum absolute atomic E-state index is 0.0228. The van der Waals surface area contributed by atoms with Crippen LogP contribution in [0.3, 0.4) is 0 Å². The van der Waals surface area contributed by atoms with Crippen molar-refractivity contribution in [3.8, 4) is 0 Å². The minimum atomic E-state index is -3.71. The lowest BCUT2D eigenvalue weighted by Crippen LogP contribution is -2.65. The number of aliphatic hydroxyl groups is 1. The first-order chi connectivity index (χ1) is 9.70. The monoisotopic (exact) mass is 313 g/mol. The lowest BCUT2D eigenvalue weighted by molar-refractivity contribution is -0.0932. The Hall–Kier alpha value is -1.44. The van der Waals surface area contributed by atoms with E-state index < -0.39 is 21.6 Å². The maximum Gasteiger partial charge on any atom is 0.337 e. The maximum atomic E-state index is 12.5. The molecule has 0 spiro atoms. The third-order valence-electron chi connectivity index (χ3n) is 3.87. The number of β-amino-alcohol motifs (C(OH)–C–C–N with tert-alkyl or cyclic N) is 1. The minimum Gasteiger partial charge on any atom is -0.465 e. The molecular weight excluding hydrogens is 294 g/mol. The highest BCUT2D eigenvalue weighted by Gasteiger charge is 2.49. The summed E-state index contributed by atoms with van der Waals surface area (Å²) in [7, 11) is -2.47. The Balaban J connectivity index is 2.24. The predicted octanol–water partition coefficient (Wildman–Crippen LogP) is 0.865. The number of rotatable bonds is 4. The fourth-order valence-electron chi connectivity index (χ4n) is 2.15. The summed E-state index contributed by atoms with van der Waals surface area (Å²) in [6.45, 7) is 3.83. The number of sulfonamides is 1. The van der Waals surface area contributed by atoms with E-state index in [0.717, 1.165) is 0 Å². The number of hydrogen-bond acceptors (Lipinski definition) is 5. The molecule has 1 aromatic rings. The molecule has 0 amide bonds. The van der Waals surface area contributed by atoms with Gasteiger partial charge in [-0.25, -0.2) is 13.2 Å². The van der Waals surface area contributed by atoms with E-state index in [0.29, 0.717) is 0 Å². The van der Waals surface area contributed by atoms with Crippen molar-refractivity contribution in [2.75, 3.05) is 20.2 Å². The zero-order valence-corrected chi connectivity index (χ0v) is 13.1. The van der Waals surface area contributed by atoms with Crippen LogP contribution in [0.25, 0.3) is 0 Å². The van der Waals surface area contributed by atoms with Crippen molar-refractivity contribution >= 4 is 16.0 Å². The molecule has 1 heterocycles. The van der Waals surface area contributed by atoms with Crippen LogP contribution in [-0.4, -0.2) is 49.6 Å². The summed E-state index contributed by atoms with van der Waals surface area (Å²) in [5.41, 5.74) is -0.800. The van der Waals surface area contributed by atoms with Gasteiger partial charge in [0.25, 0.3) is 0 Å². The van der Waals surface area contributed by atoms with Gasteiger partial charge in [-0.15, -0.1) is 0 Å². The number of carbonyl (C=O) groups is 1. The molecule has 1 aliphatic rings. The van der Waals surface area contributed by atoms with Crippen LogP contribution in [0, 0.1) is 5.92 Å². The van der Waals surface area contributed by atoms with E-state index in [-0.39, 0.29) is 29.5 Å². The molecule has 1 saturated heterocycles. The molecule has 0 radical (unpaired) electrons. The topological polar surface area (TPSA) is 83.9 Å². The molecular formula is C14H19NO5S. The SMILES string of the molecule is COC(=O)c1cccc(S(=O)(=O)N2CC(O)(C(C)C)C2)c1. The number of hydrogen-bond donors (Lipinski definition) is 1. The zero-order chi connectivity index (χ0) is 15.8. The molecule has 0 atom stereocenters. The van der Waals surface area contributed by atoms with Gasteiger partial charge in [0.05, 0.1) is 23.2 Å². The Morgan fingerprint density at radius 2 is 2.00 bits per heavy atom. The van der Waals surface area contributed by atoms with E-state index in [1.54, 1.807) is 0 Å².